The first-order valence-corrected chi connectivity index (χ1v) is 12.2. The molecule has 2 amide bonds. The summed E-state index contributed by atoms with van der Waals surface area (Å²) in [4.78, 5) is 27.4. The van der Waals surface area contributed by atoms with Gasteiger partial charge in [0.25, 0.3) is 0 Å². The summed E-state index contributed by atoms with van der Waals surface area (Å²) < 4.78 is 0. The average molecular weight is 481 g/mol. The van der Waals surface area contributed by atoms with Crippen molar-refractivity contribution >= 4 is 46.8 Å². The third-order valence-corrected chi connectivity index (χ3v) is 6.53. The van der Waals surface area contributed by atoms with Crippen LogP contribution in [0.5, 0.6) is 0 Å². The van der Waals surface area contributed by atoms with Gasteiger partial charge in [0, 0.05) is 18.8 Å². The van der Waals surface area contributed by atoms with Gasteiger partial charge in [-0.15, -0.1) is 11.8 Å². The molecule has 0 bridgehead atoms. The molecule has 0 radical (unpaired) electrons. The summed E-state index contributed by atoms with van der Waals surface area (Å²) in [5.74, 6) is 1.05. The number of nitrogens with one attached hydrogen (secondary N) is 1. The summed E-state index contributed by atoms with van der Waals surface area (Å²) >= 11 is 13.5. The molecule has 1 atom stereocenters. The van der Waals surface area contributed by atoms with Crippen molar-refractivity contribution in [2.45, 2.75) is 46.0 Å². The molecular weight excluding hydrogens is 451 g/mol. The maximum atomic E-state index is 13.1. The van der Waals surface area contributed by atoms with Gasteiger partial charge in [0.15, 0.2) is 0 Å². The highest BCUT2D eigenvalue weighted by atomic mass is 35.5. The Morgan fingerprint density at radius 1 is 1.00 bits per heavy atom. The molecular formula is C24H30Cl2N2O2S. The Labute approximate surface area is 199 Å². The van der Waals surface area contributed by atoms with E-state index in [1.165, 1.54) is 11.8 Å². The van der Waals surface area contributed by atoms with E-state index < -0.39 is 6.04 Å². The number of hydrogen-bond acceptors (Lipinski definition) is 3. The molecule has 0 aliphatic carbocycles. The molecule has 31 heavy (non-hydrogen) atoms. The van der Waals surface area contributed by atoms with Crippen LogP contribution in [0.1, 0.15) is 37.5 Å². The number of halogens is 2. The smallest absolute Gasteiger partial charge is 0.242 e. The first-order chi connectivity index (χ1) is 14.7. The Bertz CT molecular complexity index is 888. The number of rotatable bonds is 10. The lowest BCUT2D eigenvalue weighted by molar-refractivity contribution is -0.138. The van der Waals surface area contributed by atoms with Gasteiger partial charge < -0.3 is 10.2 Å². The molecule has 0 saturated carbocycles. The van der Waals surface area contributed by atoms with Crippen molar-refractivity contribution in [2.24, 2.45) is 5.92 Å². The minimum atomic E-state index is -0.557. The molecule has 0 saturated heterocycles. The van der Waals surface area contributed by atoms with Gasteiger partial charge in [0.2, 0.25) is 11.8 Å². The molecule has 2 aromatic carbocycles. The fraction of sp³-hybridized carbons (Fsp3) is 0.417. The second-order valence-corrected chi connectivity index (χ2v) is 9.86. The predicted octanol–water partition coefficient (Wildman–Crippen LogP) is 5.72. The number of carbonyl (C=O) groups is 2. The SMILES string of the molecule is Cc1ccc(CN(C(=O)CSCc2ccc(Cl)c(Cl)c2)[C@H](C)C(=O)NCC(C)C)cc1. The third kappa shape index (κ3) is 8.40. The van der Waals surface area contributed by atoms with E-state index in [0.29, 0.717) is 34.8 Å². The molecule has 0 heterocycles. The van der Waals surface area contributed by atoms with E-state index in [1.807, 2.05) is 57.2 Å². The highest BCUT2D eigenvalue weighted by molar-refractivity contribution is 7.99. The number of carbonyl (C=O) groups excluding carboxylic acids is 2. The summed E-state index contributed by atoms with van der Waals surface area (Å²) in [6.07, 6.45) is 0. The molecule has 0 aliphatic heterocycles. The molecule has 7 heteroatoms. The molecule has 0 aromatic heterocycles. The zero-order valence-electron chi connectivity index (χ0n) is 18.5. The number of aryl methyl sites for hydroxylation is 1. The standard InChI is InChI=1S/C24H30Cl2N2O2S/c1-16(2)12-27-24(30)18(4)28(13-19-7-5-17(3)6-8-19)23(29)15-31-14-20-9-10-21(25)22(26)11-20/h5-11,16,18H,12-15H2,1-4H3,(H,27,30)/t18-/m1/s1. The summed E-state index contributed by atoms with van der Waals surface area (Å²) in [5, 5.41) is 3.95. The van der Waals surface area contributed by atoms with Gasteiger partial charge in [0.05, 0.1) is 15.8 Å². The zero-order valence-corrected chi connectivity index (χ0v) is 20.8. The van der Waals surface area contributed by atoms with Crippen LogP contribution in [-0.2, 0) is 21.9 Å². The number of thioether (sulfide) groups is 1. The van der Waals surface area contributed by atoms with Crippen LogP contribution in [0.15, 0.2) is 42.5 Å². The van der Waals surface area contributed by atoms with E-state index in [4.69, 9.17) is 23.2 Å². The predicted molar refractivity (Wildman–Crippen MR) is 132 cm³/mol. The van der Waals surface area contributed by atoms with Crippen molar-refractivity contribution < 1.29 is 9.59 Å². The van der Waals surface area contributed by atoms with Crippen LogP contribution in [0.2, 0.25) is 10.0 Å². The van der Waals surface area contributed by atoms with Gasteiger partial charge in [0.1, 0.15) is 6.04 Å². The van der Waals surface area contributed by atoms with Gasteiger partial charge >= 0.3 is 0 Å². The van der Waals surface area contributed by atoms with E-state index in [-0.39, 0.29) is 17.6 Å². The van der Waals surface area contributed by atoms with Crippen molar-refractivity contribution in [2.75, 3.05) is 12.3 Å². The number of amides is 2. The van der Waals surface area contributed by atoms with E-state index in [0.717, 1.165) is 16.7 Å². The summed E-state index contributed by atoms with van der Waals surface area (Å²) in [5.41, 5.74) is 3.15. The van der Waals surface area contributed by atoms with Crippen molar-refractivity contribution in [1.82, 2.24) is 10.2 Å². The normalized spacial score (nSPS) is 12.0. The van der Waals surface area contributed by atoms with Crippen molar-refractivity contribution in [3.05, 3.63) is 69.2 Å². The van der Waals surface area contributed by atoms with Gasteiger partial charge in [-0.1, -0.05) is 72.9 Å². The highest BCUT2D eigenvalue weighted by Gasteiger charge is 2.26. The van der Waals surface area contributed by atoms with Crippen LogP contribution in [0.25, 0.3) is 0 Å². The van der Waals surface area contributed by atoms with Gasteiger partial charge in [-0.25, -0.2) is 0 Å². The largest absolute Gasteiger partial charge is 0.354 e. The van der Waals surface area contributed by atoms with Crippen molar-refractivity contribution in [3.8, 4) is 0 Å². The summed E-state index contributed by atoms with van der Waals surface area (Å²) in [7, 11) is 0. The number of hydrogen-bond donors (Lipinski definition) is 1. The average Bonchev–Trinajstić information content (AvgIpc) is 2.73. The third-order valence-electron chi connectivity index (χ3n) is 4.80. The van der Waals surface area contributed by atoms with Gasteiger partial charge in [-0.05, 0) is 43.0 Å². The maximum Gasteiger partial charge on any atom is 0.242 e. The monoisotopic (exact) mass is 480 g/mol. The number of nitrogens with zero attached hydrogens (tertiary/aromatic N) is 1. The molecule has 2 aromatic rings. The molecule has 168 valence electrons. The number of benzene rings is 2. The van der Waals surface area contributed by atoms with E-state index in [1.54, 1.807) is 17.9 Å². The molecule has 2 rings (SSSR count). The van der Waals surface area contributed by atoms with Crippen molar-refractivity contribution in [1.29, 1.82) is 0 Å². The maximum absolute atomic E-state index is 13.1. The van der Waals surface area contributed by atoms with E-state index in [2.05, 4.69) is 5.32 Å². The minimum absolute atomic E-state index is 0.0715. The van der Waals surface area contributed by atoms with E-state index >= 15 is 0 Å². The topological polar surface area (TPSA) is 49.4 Å². The van der Waals surface area contributed by atoms with Crippen LogP contribution in [0.3, 0.4) is 0 Å². The van der Waals surface area contributed by atoms with Crippen molar-refractivity contribution in [3.63, 3.8) is 0 Å². The molecule has 4 nitrogen and oxygen atoms in total. The van der Waals surface area contributed by atoms with Crippen LogP contribution in [0, 0.1) is 12.8 Å². The van der Waals surface area contributed by atoms with E-state index in [9.17, 15) is 9.59 Å². The fourth-order valence-corrected chi connectivity index (χ4v) is 4.07. The first kappa shape index (κ1) is 25.6. The molecule has 0 spiro atoms. The van der Waals surface area contributed by atoms with Crippen LogP contribution < -0.4 is 5.32 Å². The molecule has 0 fully saturated rings. The lowest BCUT2D eigenvalue weighted by atomic mass is 10.1. The van der Waals surface area contributed by atoms with Crippen LogP contribution in [0.4, 0.5) is 0 Å². The lowest BCUT2D eigenvalue weighted by Gasteiger charge is -2.29. The van der Waals surface area contributed by atoms with Gasteiger partial charge in [-0.3, -0.25) is 9.59 Å². The summed E-state index contributed by atoms with van der Waals surface area (Å²) in [6.45, 7) is 8.86. The second-order valence-electron chi connectivity index (χ2n) is 8.06. The lowest BCUT2D eigenvalue weighted by Crippen LogP contribution is -2.48. The fourth-order valence-electron chi connectivity index (χ4n) is 2.89. The minimum Gasteiger partial charge on any atom is -0.354 e. The Hall–Kier alpha value is -1.69. The molecule has 1 N–H and O–H groups in total. The Balaban J connectivity index is 2.05. The zero-order chi connectivity index (χ0) is 23.0. The Morgan fingerprint density at radius 3 is 2.26 bits per heavy atom. The van der Waals surface area contributed by atoms with Gasteiger partial charge in [-0.2, -0.15) is 0 Å². The molecule has 0 aliphatic rings. The Kier molecular flexibility index (Phi) is 10.2. The second kappa shape index (κ2) is 12.4. The quantitative estimate of drug-likeness (QED) is 0.472. The van der Waals surface area contributed by atoms with Crippen LogP contribution in [-0.4, -0.2) is 35.1 Å². The Morgan fingerprint density at radius 2 is 1.65 bits per heavy atom. The van der Waals surface area contributed by atoms with Crippen LogP contribution >= 0.6 is 35.0 Å². The highest BCUT2D eigenvalue weighted by Crippen LogP contribution is 2.25. The first-order valence-electron chi connectivity index (χ1n) is 10.3. The summed E-state index contributed by atoms with van der Waals surface area (Å²) in [6, 6.07) is 12.9. The molecule has 0 unspecified atom stereocenters.